The number of fused-ring (bicyclic) bond motifs is 1. The zero-order valence-corrected chi connectivity index (χ0v) is 16.1. The van der Waals surface area contributed by atoms with Crippen molar-refractivity contribution in [1.82, 2.24) is 14.9 Å². The molecule has 2 aliphatic rings. The van der Waals surface area contributed by atoms with E-state index in [1.54, 1.807) is 4.90 Å². The third-order valence-corrected chi connectivity index (χ3v) is 5.43. The van der Waals surface area contributed by atoms with E-state index in [1.807, 2.05) is 30.5 Å². The summed E-state index contributed by atoms with van der Waals surface area (Å²) in [6.07, 6.45) is 5.66. The molecule has 0 unspecified atom stereocenters. The number of rotatable bonds is 4. The Morgan fingerprint density at radius 3 is 2.89 bits per heavy atom. The lowest BCUT2D eigenvalue weighted by molar-refractivity contribution is -0.130. The van der Waals surface area contributed by atoms with Crippen LogP contribution in [0.1, 0.15) is 38.7 Å². The van der Waals surface area contributed by atoms with Gasteiger partial charge < -0.3 is 15.2 Å². The van der Waals surface area contributed by atoms with Crippen molar-refractivity contribution >= 4 is 34.2 Å². The number of anilines is 1. The number of hydrogen-bond donors (Lipinski definition) is 2. The molecule has 0 saturated heterocycles. The van der Waals surface area contributed by atoms with Gasteiger partial charge in [-0.05, 0) is 36.1 Å². The Bertz CT molecular complexity index is 1020. The number of aromatic nitrogens is 2. The molecule has 7 nitrogen and oxygen atoms in total. The Hall–Kier alpha value is -3.14. The molecule has 1 fully saturated rings. The Kier molecular flexibility index (Phi) is 4.42. The number of nitrogens with zero attached hydrogens (tertiary/aromatic N) is 3. The maximum Gasteiger partial charge on any atom is 0.237 e. The number of carbonyl (C=O) groups is 2. The summed E-state index contributed by atoms with van der Waals surface area (Å²) in [6.45, 7) is 5.19. The summed E-state index contributed by atoms with van der Waals surface area (Å²) in [5.41, 5.74) is 2.55. The molecule has 2 N–H and O–H groups in total. The Balaban J connectivity index is 1.71. The van der Waals surface area contributed by atoms with Crippen LogP contribution in [0.4, 0.5) is 5.82 Å². The van der Waals surface area contributed by atoms with Crippen molar-refractivity contribution in [3.8, 4) is 6.07 Å². The highest BCUT2D eigenvalue weighted by atomic mass is 16.2. The normalized spacial score (nSPS) is 18.5. The minimum absolute atomic E-state index is 0.0227. The molecule has 0 aromatic carbocycles. The molecule has 0 bridgehead atoms. The molecule has 144 valence electrons. The van der Waals surface area contributed by atoms with Crippen LogP contribution in [0.25, 0.3) is 16.6 Å². The van der Waals surface area contributed by atoms with Gasteiger partial charge in [-0.3, -0.25) is 9.59 Å². The first-order valence-corrected chi connectivity index (χ1v) is 9.54. The lowest BCUT2D eigenvalue weighted by Crippen LogP contribution is -2.42. The van der Waals surface area contributed by atoms with Crippen molar-refractivity contribution < 1.29 is 9.59 Å². The van der Waals surface area contributed by atoms with Gasteiger partial charge in [0, 0.05) is 36.0 Å². The first-order valence-electron chi connectivity index (χ1n) is 9.54. The molecule has 2 aromatic heterocycles. The number of H-pyrrole nitrogens is 1. The largest absolute Gasteiger partial charge is 0.346 e. The number of aromatic amines is 1. The third-order valence-electron chi connectivity index (χ3n) is 5.43. The van der Waals surface area contributed by atoms with E-state index < -0.39 is 0 Å². The summed E-state index contributed by atoms with van der Waals surface area (Å²) in [5.74, 6) is 0.524. The van der Waals surface area contributed by atoms with E-state index in [1.165, 1.54) is 0 Å². The molecule has 0 radical (unpaired) electrons. The van der Waals surface area contributed by atoms with Gasteiger partial charge in [-0.25, -0.2) is 4.98 Å². The van der Waals surface area contributed by atoms with Crippen LogP contribution in [-0.2, 0) is 9.59 Å². The second-order valence-corrected chi connectivity index (χ2v) is 8.17. The number of hydrogen-bond acceptors (Lipinski definition) is 4. The Labute approximate surface area is 163 Å². The summed E-state index contributed by atoms with van der Waals surface area (Å²) < 4.78 is 0. The summed E-state index contributed by atoms with van der Waals surface area (Å²) in [6, 6.07) is 5.84. The molecule has 3 heterocycles. The molecule has 0 spiro atoms. The number of nitriles is 1. The van der Waals surface area contributed by atoms with Crippen LogP contribution < -0.4 is 5.32 Å². The number of pyridine rings is 1. The fourth-order valence-electron chi connectivity index (χ4n) is 3.85. The summed E-state index contributed by atoms with van der Waals surface area (Å²) in [5, 5.41) is 12.7. The maximum absolute atomic E-state index is 12.2. The van der Waals surface area contributed by atoms with Gasteiger partial charge in [0.05, 0.1) is 6.07 Å². The van der Waals surface area contributed by atoms with E-state index in [9.17, 15) is 9.59 Å². The van der Waals surface area contributed by atoms with Gasteiger partial charge in [-0.15, -0.1) is 0 Å². The van der Waals surface area contributed by atoms with Gasteiger partial charge in [-0.2, -0.15) is 5.26 Å². The third kappa shape index (κ3) is 3.38. The second-order valence-electron chi connectivity index (χ2n) is 8.17. The standard InChI is InChI=1S/C21H23N5O2/c1-21(2)12-26(18(27)5-8-22)10-7-16(21)15-11-17(25-20(28)13-3-4-13)24-19-14(15)6-9-23-19/h6-7,9,11,13H,3-5,10,12H2,1-2H3,(H2,23,24,25,28). The quantitative estimate of drug-likeness (QED) is 0.855. The van der Waals surface area contributed by atoms with Crippen LogP contribution in [0.3, 0.4) is 0 Å². The van der Waals surface area contributed by atoms with E-state index >= 15 is 0 Å². The first kappa shape index (κ1) is 18.2. The van der Waals surface area contributed by atoms with E-state index in [0.717, 1.165) is 35.0 Å². The molecule has 4 rings (SSSR count). The average Bonchev–Trinajstić information content (AvgIpc) is 3.39. The molecule has 1 saturated carbocycles. The summed E-state index contributed by atoms with van der Waals surface area (Å²) >= 11 is 0. The van der Waals surface area contributed by atoms with Crippen molar-refractivity contribution in [2.24, 2.45) is 11.3 Å². The van der Waals surface area contributed by atoms with Crippen molar-refractivity contribution in [2.45, 2.75) is 33.1 Å². The maximum atomic E-state index is 12.2. The van der Waals surface area contributed by atoms with Crippen molar-refractivity contribution in [3.63, 3.8) is 0 Å². The van der Waals surface area contributed by atoms with Gasteiger partial charge in [0.2, 0.25) is 11.8 Å². The van der Waals surface area contributed by atoms with Crippen LogP contribution in [0.2, 0.25) is 0 Å². The van der Waals surface area contributed by atoms with Gasteiger partial charge in [0.15, 0.2) is 0 Å². The van der Waals surface area contributed by atoms with E-state index in [0.29, 0.717) is 18.9 Å². The summed E-state index contributed by atoms with van der Waals surface area (Å²) in [4.78, 5) is 33.8. The highest BCUT2D eigenvalue weighted by molar-refractivity contribution is 5.98. The molecular formula is C21H23N5O2. The van der Waals surface area contributed by atoms with Crippen molar-refractivity contribution in [3.05, 3.63) is 30.0 Å². The highest BCUT2D eigenvalue weighted by Crippen LogP contribution is 2.41. The second kappa shape index (κ2) is 6.79. The van der Waals surface area contributed by atoms with E-state index in [4.69, 9.17) is 5.26 Å². The van der Waals surface area contributed by atoms with Crippen molar-refractivity contribution in [2.75, 3.05) is 18.4 Å². The van der Waals surface area contributed by atoms with E-state index in [-0.39, 0.29) is 29.6 Å². The zero-order valence-electron chi connectivity index (χ0n) is 16.1. The minimum atomic E-state index is -0.299. The van der Waals surface area contributed by atoms with E-state index in [2.05, 4.69) is 29.1 Å². The number of carbonyl (C=O) groups excluding carboxylic acids is 2. The zero-order chi connectivity index (χ0) is 19.9. The first-order chi connectivity index (χ1) is 13.4. The molecular weight excluding hydrogens is 354 g/mol. The number of nitrogens with one attached hydrogen (secondary N) is 2. The lowest BCUT2D eigenvalue weighted by atomic mass is 9.77. The fourth-order valence-corrected chi connectivity index (χ4v) is 3.85. The lowest BCUT2D eigenvalue weighted by Gasteiger charge is -2.39. The summed E-state index contributed by atoms with van der Waals surface area (Å²) in [7, 11) is 0. The monoisotopic (exact) mass is 377 g/mol. The molecule has 2 aromatic rings. The SMILES string of the molecule is CC1(C)CN(C(=O)CC#N)CC=C1c1cc(NC(=O)C2CC2)nc2[nH]ccc12. The molecule has 1 aliphatic heterocycles. The van der Waals surface area contributed by atoms with Crippen LogP contribution in [0.15, 0.2) is 24.4 Å². The van der Waals surface area contributed by atoms with Gasteiger partial charge in [0.25, 0.3) is 0 Å². The minimum Gasteiger partial charge on any atom is -0.346 e. The predicted octanol–water partition coefficient (Wildman–Crippen LogP) is 3.08. The molecule has 0 atom stereocenters. The molecule has 2 amide bonds. The Morgan fingerprint density at radius 1 is 1.43 bits per heavy atom. The van der Waals surface area contributed by atoms with Crippen LogP contribution >= 0.6 is 0 Å². The smallest absolute Gasteiger partial charge is 0.237 e. The van der Waals surface area contributed by atoms with Gasteiger partial charge >= 0.3 is 0 Å². The number of amides is 2. The van der Waals surface area contributed by atoms with Crippen molar-refractivity contribution in [1.29, 1.82) is 5.26 Å². The topological polar surface area (TPSA) is 102 Å². The van der Waals surface area contributed by atoms with Crippen LogP contribution in [-0.4, -0.2) is 39.8 Å². The highest BCUT2D eigenvalue weighted by Gasteiger charge is 2.34. The average molecular weight is 377 g/mol. The molecule has 1 aliphatic carbocycles. The molecule has 28 heavy (non-hydrogen) atoms. The fraction of sp³-hybridized carbons (Fsp3) is 0.429. The Morgan fingerprint density at radius 2 is 2.21 bits per heavy atom. The van der Waals surface area contributed by atoms with Gasteiger partial charge in [-0.1, -0.05) is 19.9 Å². The van der Waals surface area contributed by atoms with Crippen LogP contribution in [0, 0.1) is 22.7 Å². The van der Waals surface area contributed by atoms with Crippen LogP contribution in [0.5, 0.6) is 0 Å². The van der Waals surface area contributed by atoms with Gasteiger partial charge in [0.1, 0.15) is 17.9 Å². The predicted molar refractivity (Wildman–Crippen MR) is 106 cm³/mol. The molecule has 7 heteroatoms.